The Bertz CT molecular complexity index is 604. The van der Waals surface area contributed by atoms with Crippen molar-refractivity contribution in [2.24, 2.45) is 0 Å². The highest BCUT2D eigenvalue weighted by Gasteiger charge is 2.04. The van der Waals surface area contributed by atoms with Crippen LogP contribution in [0, 0.1) is 0 Å². The van der Waals surface area contributed by atoms with Gasteiger partial charge in [0.15, 0.2) is 0 Å². The van der Waals surface area contributed by atoms with Gasteiger partial charge in [0.1, 0.15) is 5.75 Å². The van der Waals surface area contributed by atoms with Gasteiger partial charge >= 0.3 is 5.97 Å². The normalized spacial score (nSPS) is 10.3. The molecule has 0 spiro atoms. The van der Waals surface area contributed by atoms with E-state index in [2.05, 4.69) is 4.98 Å². The second kappa shape index (κ2) is 7.90. The van der Waals surface area contributed by atoms with Gasteiger partial charge in [0.05, 0.1) is 17.2 Å². The Balaban J connectivity index is 1.71. The quantitative estimate of drug-likeness (QED) is 0.616. The lowest BCUT2D eigenvalue weighted by Crippen LogP contribution is -1.99. The molecule has 0 amide bonds. The van der Waals surface area contributed by atoms with Crippen molar-refractivity contribution >= 4 is 29.3 Å². The first-order valence-electron chi connectivity index (χ1n) is 6.35. The summed E-state index contributed by atoms with van der Waals surface area (Å²) >= 11 is 7.30. The summed E-state index contributed by atoms with van der Waals surface area (Å²) < 4.78 is 5.57. The number of aromatic carboxylic acids is 1. The number of benzene rings is 1. The van der Waals surface area contributed by atoms with Gasteiger partial charge in [-0.25, -0.2) is 9.78 Å². The summed E-state index contributed by atoms with van der Waals surface area (Å²) in [6.45, 7) is 0.591. The van der Waals surface area contributed by atoms with Crippen LogP contribution in [0.2, 0.25) is 5.02 Å². The number of carbonyl (C=O) groups is 1. The van der Waals surface area contributed by atoms with Crippen molar-refractivity contribution in [2.75, 3.05) is 12.4 Å². The summed E-state index contributed by atoms with van der Waals surface area (Å²) in [6, 6.07) is 10.3. The summed E-state index contributed by atoms with van der Waals surface area (Å²) in [7, 11) is 0. The fourth-order valence-corrected chi connectivity index (χ4v) is 2.52. The molecule has 0 bridgehead atoms. The summed E-state index contributed by atoms with van der Waals surface area (Å²) in [6.07, 6.45) is 2.35. The molecule has 1 aromatic heterocycles. The van der Waals surface area contributed by atoms with E-state index in [4.69, 9.17) is 21.4 Å². The number of rotatable bonds is 7. The SMILES string of the molecule is O=C(O)c1ccnc(SCCCOc2ccc(Cl)cc2)c1. The zero-order valence-electron chi connectivity index (χ0n) is 11.2. The van der Waals surface area contributed by atoms with E-state index < -0.39 is 5.97 Å². The number of pyridine rings is 1. The smallest absolute Gasteiger partial charge is 0.335 e. The minimum atomic E-state index is -0.940. The minimum Gasteiger partial charge on any atom is -0.494 e. The minimum absolute atomic E-state index is 0.255. The fourth-order valence-electron chi connectivity index (χ4n) is 1.58. The van der Waals surface area contributed by atoms with Crippen LogP contribution in [0.4, 0.5) is 0 Å². The van der Waals surface area contributed by atoms with E-state index in [9.17, 15) is 4.79 Å². The zero-order chi connectivity index (χ0) is 15.1. The number of carboxylic acids is 1. The maximum Gasteiger partial charge on any atom is 0.335 e. The van der Waals surface area contributed by atoms with Gasteiger partial charge in [-0.05, 0) is 42.8 Å². The second-order valence-corrected chi connectivity index (χ2v) is 5.74. The molecule has 1 heterocycles. The van der Waals surface area contributed by atoms with E-state index in [0.29, 0.717) is 16.7 Å². The maximum atomic E-state index is 10.8. The molecule has 0 radical (unpaired) electrons. The average Bonchev–Trinajstić information content (AvgIpc) is 2.49. The molecule has 4 nitrogen and oxygen atoms in total. The van der Waals surface area contributed by atoms with Crippen molar-refractivity contribution in [3.05, 3.63) is 53.2 Å². The van der Waals surface area contributed by atoms with Gasteiger partial charge in [-0.3, -0.25) is 0 Å². The van der Waals surface area contributed by atoms with E-state index in [0.717, 1.165) is 17.9 Å². The molecule has 0 unspecified atom stereocenters. The molecule has 1 N–H and O–H groups in total. The number of halogens is 1. The highest BCUT2D eigenvalue weighted by Crippen LogP contribution is 2.18. The molecule has 1 aromatic carbocycles. The molecule has 0 atom stereocenters. The third kappa shape index (κ3) is 5.28. The number of ether oxygens (including phenoxy) is 1. The van der Waals surface area contributed by atoms with Crippen molar-refractivity contribution in [1.82, 2.24) is 4.98 Å². The van der Waals surface area contributed by atoms with Crippen LogP contribution in [-0.2, 0) is 0 Å². The van der Waals surface area contributed by atoms with Gasteiger partial charge in [0.25, 0.3) is 0 Å². The summed E-state index contributed by atoms with van der Waals surface area (Å²) in [5, 5.41) is 10.3. The first-order valence-corrected chi connectivity index (χ1v) is 7.72. The fraction of sp³-hybridized carbons (Fsp3) is 0.200. The number of nitrogens with zero attached hydrogens (tertiary/aromatic N) is 1. The monoisotopic (exact) mass is 323 g/mol. The van der Waals surface area contributed by atoms with E-state index in [1.54, 1.807) is 18.2 Å². The number of hydrogen-bond acceptors (Lipinski definition) is 4. The van der Waals surface area contributed by atoms with Crippen LogP contribution >= 0.6 is 23.4 Å². The number of thioether (sulfide) groups is 1. The Morgan fingerprint density at radius 1 is 1.29 bits per heavy atom. The Hall–Kier alpha value is -1.72. The second-order valence-electron chi connectivity index (χ2n) is 4.19. The van der Waals surface area contributed by atoms with Gasteiger partial charge < -0.3 is 9.84 Å². The lowest BCUT2D eigenvalue weighted by molar-refractivity contribution is 0.0696. The molecule has 0 aliphatic rings. The standard InChI is InChI=1S/C15H14ClNO3S/c16-12-2-4-13(5-3-12)20-8-1-9-21-14-10-11(15(18)19)6-7-17-14/h2-7,10H,1,8-9H2,(H,18,19). The lowest BCUT2D eigenvalue weighted by Gasteiger charge is -2.06. The maximum absolute atomic E-state index is 10.8. The largest absolute Gasteiger partial charge is 0.494 e. The van der Waals surface area contributed by atoms with Crippen molar-refractivity contribution in [3.8, 4) is 5.75 Å². The molecule has 0 aliphatic heterocycles. The lowest BCUT2D eigenvalue weighted by atomic mass is 10.3. The third-order valence-corrected chi connectivity index (χ3v) is 3.87. The molecule has 0 aliphatic carbocycles. The van der Waals surface area contributed by atoms with Crippen molar-refractivity contribution in [2.45, 2.75) is 11.4 Å². The van der Waals surface area contributed by atoms with Gasteiger partial charge in [0, 0.05) is 17.0 Å². The highest BCUT2D eigenvalue weighted by molar-refractivity contribution is 7.99. The van der Waals surface area contributed by atoms with Crippen LogP contribution in [0.5, 0.6) is 5.75 Å². The predicted molar refractivity (Wildman–Crippen MR) is 83.5 cm³/mol. The van der Waals surface area contributed by atoms with E-state index >= 15 is 0 Å². The van der Waals surface area contributed by atoms with Gasteiger partial charge in [-0.15, -0.1) is 11.8 Å². The van der Waals surface area contributed by atoms with Crippen LogP contribution in [-0.4, -0.2) is 28.4 Å². The molecule has 2 aromatic rings. The molecule has 110 valence electrons. The molecular formula is C15H14ClNO3S. The van der Waals surface area contributed by atoms with E-state index in [1.165, 1.54) is 24.0 Å². The molecule has 2 rings (SSSR count). The van der Waals surface area contributed by atoms with Crippen LogP contribution in [0.3, 0.4) is 0 Å². The molecule has 6 heteroatoms. The van der Waals surface area contributed by atoms with Crippen molar-refractivity contribution < 1.29 is 14.6 Å². The topological polar surface area (TPSA) is 59.4 Å². The Labute approximate surface area is 132 Å². The molecule has 0 saturated heterocycles. The van der Waals surface area contributed by atoms with E-state index in [-0.39, 0.29) is 5.56 Å². The molecular weight excluding hydrogens is 310 g/mol. The molecule has 21 heavy (non-hydrogen) atoms. The Morgan fingerprint density at radius 3 is 2.76 bits per heavy atom. The first-order chi connectivity index (χ1) is 10.1. The Kier molecular flexibility index (Phi) is 5.90. The average molecular weight is 324 g/mol. The predicted octanol–water partition coefficient (Wildman–Crippen LogP) is 3.99. The first kappa shape index (κ1) is 15.7. The van der Waals surface area contributed by atoms with Crippen LogP contribution in [0.1, 0.15) is 16.8 Å². The number of carboxylic acid groups (broad SMARTS) is 1. The summed E-state index contributed by atoms with van der Waals surface area (Å²) in [5.74, 6) is 0.657. The number of aromatic nitrogens is 1. The van der Waals surface area contributed by atoms with E-state index in [1.807, 2.05) is 12.1 Å². The third-order valence-electron chi connectivity index (χ3n) is 2.60. The molecule has 0 saturated carbocycles. The highest BCUT2D eigenvalue weighted by atomic mass is 35.5. The Morgan fingerprint density at radius 2 is 2.05 bits per heavy atom. The zero-order valence-corrected chi connectivity index (χ0v) is 12.7. The van der Waals surface area contributed by atoms with Crippen molar-refractivity contribution in [3.63, 3.8) is 0 Å². The number of hydrogen-bond donors (Lipinski definition) is 1. The van der Waals surface area contributed by atoms with Gasteiger partial charge in [-0.1, -0.05) is 11.6 Å². The summed E-state index contributed by atoms with van der Waals surface area (Å²) in [4.78, 5) is 15.0. The van der Waals surface area contributed by atoms with Crippen LogP contribution in [0.15, 0.2) is 47.6 Å². The van der Waals surface area contributed by atoms with Gasteiger partial charge in [0.2, 0.25) is 0 Å². The van der Waals surface area contributed by atoms with Crippen molar-refractivity contribution in [1.29, 1.82) is 0 Å². The van der Waals surface area contributed by atoms with Gasteiger partial charge in [-0.2, -0.15) is 0 Å². The summed E-state index contributed by atoms with van der Waals surface area (Å²) in [5.41, 5.74) is 0.255. The van der Waals surface area contributed by atoms with Crippen LogP contribution in [0.25, 0.3) is 0 Å². The molecule has 0 fully saturated rings. The van der Waals surface area contributed by atoms with Crippen LogP contribution < -0.4 is 4.74 Å².